The third kappa shape index (κ3) is 1.88. The Hall–Kier alpha value is -2.44. The van der Waals surface area contributed by atoms with Crippen LogP contribution in [0, 0.1) is 17.7 Å². The number of hydrogen-bond donors (Lipinski definition) is 1. The predicted molar refractivity (Wildman–Crippen MR) is 68.7 cm³/mol. The maximum Gasteiger partial charge on any atom is 0.260 e. The lowest BCUT2D eigenvalue weighted by atomic mass is 10.00. The second-order valence-corrected chi connectivity index (χ2v) is 5.29. The van der Waals surface area contributed by atoms with Crippen LogP contribution in [-0.4, -0.2) is 52.8 Å². The Morgan fingerprint density at radius 1 is 1.24 bits per heavy atom. The van der Waals surface area contributed by atoms with Crippen LogP contribution in [0.25, 0.3) is 0 Å². The predicted octanol–water partition coefficient (Wildman–Crippen LogP) is 0.218. The number of halogens is 1. The lowest BCUT2D eigenvalue weighted by molar-refractivity contribution is -0.138. The molecule has 0 saturated carbocycles. The van der Waals surface area contributed by atoms with Crippen LogP contribution in [0.4, 0.5) is 4.39 Å². The lowest BCUT2D eigenvalue weighted by Gasteiger charge is -2.19. The number of aromatic hydroxyl groups is 1. The van der Waals surface area contributed by atoms with Gasteiger partial charge in [0.15, 0.2) is 0 Å². The summed E-state index contributed by atoms with van der Waals surface area (Å²) in [5.74, 6) is -3.77. The minimum atomic E-state index is -0.827. The van der Waals surface area contributed by atoms with E-state index < -0.39 is 34.9 Å². The molecule has 2 atom stereocenters. The minimum absolute atomic E-state index is 0.0617. The molecule has 0 spiro atoms. The zero-order chi connectivity index (χ0) is 15.3. The number of phenols is 1. The fourth-order valence-electron chi connectivity index (χ4n) is 2.96. The van der Waals surface area contributed by atoms with Crippen LogP contribution in [-0.2, 0) is 9.59 Å². The second-order valence-electron chi connectivity index (χ2n) is 5.29. The number of carbonyl (C=O) groups is 3. The van der Waals surface area contributed by atoms with Crippen molar-refractivity contribution in [3.63, 3.8) is 0 Å². The summed E-state index contributed by atoms with van der Waals surface area (Å²) in [6, 6.07) is 3.59. The third-order valence-electron chi connectivity index (χ3n) is 4.11. The van der Waals surface area contributed by atoms with Gasteiger partial charge in [-0.2, -0.15) is 0 Å². The van der Waals surface area contributed by atoms with Gasteiger partial charge in [-0.15, -0.1) is 0 Å². The number of hydrogen-bond acceptors (Lipinski definition) is 4. The first-order valence-electron chi connectivity index (χ1n) is 6.50. The highest BCUT2D eigenvalue weighted by Gasteiger charge is 2.52. The molecule has 3 amide bonds. The Morgan fingerprint density at radius 2 is 1.81 bits per heavy atom. The highest BCUT2D eigenvalue weighted by molar-refractivity contribution is 6.07. The van der Waals surface area contributed by atoms with Gasteiger partial charge in [-0.25, -0.2) is 4.39 Å². The summed E-state index contributed by atoms with van der Waals surface area (Å²) < 4.78 is 13.7. The first-order chi connectivity index (χ1) is 9.91. The average molecular weight is 292 g/mol. The Balaban J connectivity index is 1.87. The second kappa shape index (κ2) is 4.54. The van der Waals surface area contributed by atoms with Crippen LogP contribution in [0.15, 0.2) is 18.2 Å². The summed E-state index contributed by atoms with van der Waals surface area (Å²) in [5, 5.41) is 9.64. The Bertz CT molecular complexity index is 616. The summed E-state index contributed by atoms with van der Waals surface area (Å²) in [7, 11) is 1.41. The van der Waals surface area contributed by atoms with E-state index in [2.05, 4.69) is 0 Å². The lowest BCUT2D eigenvalue weighted by Crippen LogP contribution is -2.36. The van der Waals surface area contributed by atoms with E-state index in [-0.39, 0.29) is 24.9 Å². The zero-order valence-corrected chi connectivity index (χ0v) is 11.2. The number of likely N-dealkylation sites (tertiary alicyclic amines) is 2. The molecule has 21 heavy (non-hydrogen) atoms. The summed E-state index contributed by atoms with van der Waals surface area (Å²) in [6.07, 6.45) is 0. The van der Waals surface area contributed by atoms with E-state index in [1.165, 1.54) is 24.1 Å². The van der Waals surface area contributed by atoms with E-state index in [0.717, 1.165) is 11.0 Å². The third-order valence-corrected chi connectivity index (χ3v) is 4.11. The molecule has 0 aromatic heterocycles. The number of rotatable bonds is 1. The molecule has 6 nitrogen and oxygen atoms in total. The minimum Gasteiger partial charge on any atom is -0.507 e. The van der Waals surface area contributed by atoms with Gasteiger partial charge in [-0.05, 0) is 12.1 Å². The van der Waals surface area contributed by atoms with Gasteiger partial charge in [0.25, 0.3) is 5.91 Å². The molecule has 1 aromatic carbocycles. The van der Waals surface area contributed by atoms with Crippen molar-refractivity contribution in [3.05, 3.63) is 29.6 Å². The molecule has 0 unspecified atom stereocenters. The Labute approximate surface area is 119 Å². The van der Waals surface area contributed by atoms with Crippen molar-refractivity contribution in [2.75, 3.05) is 20.1 Å². The van der Waals surface area contributed by atoms with E-state index in [1.807, 2.05) is 0 Å². The molecule has 2 aliphatic rings. The van der Waals surface area contributed by atoms with Gasteiger partial charge >= 0.3 is 0 Å². The fourth-order valence-corrected chi connectivity index (χ4v) is 2.96. The molecule has 1 aromatic rings. The highest BCUT2D eigenvalue weighted by Crippen LogP contribution is 2.34. The molecule has 7 heteroatoms. The van der Waals surface area contributed by atoms with Crippen LogP contribution in [0.3, 0.4) is 0 Å². The number of imide groups is 1. The van der Waals surface area contributed by atoms with E-state index >= 15 is 0 Å². The fraction of sp³-hybridized carbons (Fsp3) is 0.357. The summed E-state index contributed by atoms with van der Waals surface area (Å²) in [6.45, 7) is 0.123. The molecule has 2 aliphatic heterocycles. The van der Waals surface area contributed by atoms with Gasteiger partial charge in [-0.3, -0.25) is 19.3 Å². The molecule has 0 radical (unpaired) electrons. The van der Waals surface area contributed by atoms with Crippen LogP contribution in [0.1, 0.15) is 10.4 Å². The van der Waals surface area contributed by atoms with Crippen LogP contribution >= 0.6 is 0 Å². The van der Waals surface area contributed by atoms with Crippen LogP contribution < -0.4 is 0 Å². The van der Waals surface area contributed by atoms with Crippen molar-refractivity contribution in [1.29, 1.82) is 0 Å². The molecule has 1 N–H and O–H groups in total. The molecule has 3 rings (SSSR count). The van der Waals surface area contributed by atoms with Crippen molar-refractivity contribution >= 4 is 17.7 Å². The molecular weight excluding hydrogens is 279 g/mol. The van der Waals surface area contributed by atoms with Gasteiger partial charge in [0.2, 0.25) is 11.8 Å². The maximum atomic E-state index is 13.7. The largest absolute Gasteiger partial charge is 0.507 e. The topological polar surface area (TPSA) is 77.9 Å². The van der Waals surface area contributed by atoms with Crippen molar-refractivity contribution in [3.8, 4) is 5.75 Å². The monoisotopic (exact) mass is 292 g/mol. The molecular formula is C14H13FN2O4. The molecule has 2 heterocycles. The molecule has 110 valence electrons. The summed E-state index contributed by atoms with van der Waals surface area (Å²) in [5.41, 5.74) is -0.425. The van der Waals surface area contributed by atoms with Crippen molar-refractivity contribution in [2.24, 2.45) is 11.8 Å². The van der Waals surface area contributed by atoms with Gasteiger partial charge in [0.05, 0.1) is 11.8 Å². The number of phenolic OH excluding ortho intramolecular Hbond substituents is 1. The zero-order valence-electron chi connectivity index (χ0n) is 11.2. The van der Waals surface area contributed by atoms with E-state index in [9.17, 15) is 23.9 Å². The van der Waals surface area contributed by atoms with E-state index in [4.69, 9.17) is 0 Å². The molecule has 2 fully saturated rings. The summed E-state index contributed by atoms with van der Waals surface area (Å²) in [4.78, 5) is 38.4. The SMILES string of the molecule is CN1C(=O)[C@H]2CN(C(=O)c3c(O)cccc3F)C[C@H]2C1=O. The van der Waals surface area contributed by atoms with Crippen molar-refractivity contribution < 1.29 is 23.9 Å². The van der Waals surface area contributed by atoms with Gasteiger partial charge < -0.3 is 10.0 Å². The number of carbonyl (C=O) groups excluding carboxylic acids is 3. The standard InChI is InChI=1S/C14H13FN2O4/c1-16-12(19)7-5-17(6-8(7)13(16)20)14(21)11-9(15)3-2-4-10(11)18/h2-4,7-8,18H,5-6H2,1H3/t7-,8+. The smallest absolute Gasteiger partial charge is 0.260 e. The molecule has 0 aliphatic carbocycles. The first-order valence-corrected chi connectivity index (χ1v) is 6.50. The maximum absolute atomic E-state index is 13.7. The molecule has 2 saturated heterocycles. The molecule has 0 bridgehead atoms. The van der Waals surface area contributed by atoms with Gasteiger partial charge in [0, 0.05) is 20.1 Å². The number of nitrogens with zero attached hydrogens (tertiary/aromatic N) is 2. The van der Waals surface area contributed by atoms with Gasteiger partial charge in [0.1, 0.15) is 17.1 Å². The number of benzene rings is 1. The first kappa shape index (κ1) is 13.5. The van der Waals surface area contributed by atoms with E-state index in [0.29, 0.717) is 0 Å². The Morgan fingerprint density at radius 3 is 2.33 bits per heavy atom. The van der Waals surface area contributed by atoms with E-state index in [1.54, 1.807) is 0 Å². The van der Waals surface area contributed by atoms with Gasteiger partial charge in [-0.1, -0.05) is 6.07 Å². The van der Waals surface area contributed by atoms with Crippen molar-refractivity contribution in [1.82, 2.24) is 9.80 Å². The van der Waals surface area contributed by atoms with Crippen LogP contribution in [0.5, 0.6) is 5.75 Å². The highest BCUT2D eigenvalue weighted by atomic mass is 19.1. The normalized spacial score (nSPS) is 24.7. The van der Waals surface area contributed by atoms with Crippen molar-refractivity contribution in [2.45, 2.75) is 0 Å². The number of fused-ring (bicyclic) bond motifs is 1. The van der Waals surface area contributed by atoms with Crippen LogP contribution in [0.2, 0.25) is 0 Å². The number of amides is 3. The average Bonchev–Trinajstić information content (AvgIpc) is 2.96. The quantitative estimate of drug-likeness (QED) is 0.751. The summed E-state index contributed by atoms with van der Waals surface area (Å²) >= 11 is 0. The Kier molecular flexibility index (Phi) is 2.93.